The highest BCUT2D eigenvalue weighted by atomic mass is 14.9. The molecule has 5 aromatic rings. The lowest BCUT2D eigenvalue weighted by atomic mass is 9.87. The van der Waals surface area contributed by atoms with Crippen LogP contribution in [0.15, 0.2) is 60.8 Å². The zero-order valence-electron chi connectivity index (χ0n) is 20.2. The summed E-state index contributed by atoms with van der Waals surface area (Å²) in [4.78, 5) is 16.4. The van der Waals surface area contributed by atoms with Gasteiger partial charge in [-0.3, -0.25) is 0 Å². The van der Waals surface area contributed by atoms with Crippen LogP contribution in [0.25, 0.3) is 44.4 Å². The lowest BCUT2D eigenvalue weighted by Crippen LogP contribution is -2.04. The van der Waals surface area contributed by atoms with Crippen molar-refractivity contribution in [2.45, 2.75) is 52.4 Å². The summed E-state index contributed by atoms with van der Waals surface area (Å²) >= 11 is 0. The third-order valence-electron chi connectivity index (χ3n) is 7.03. The van der Waals surface area contributed by atoms with E-state index in [2.05, 4.69) is 97.2 Å². The summed E-state index contributed by atoms with van der Waals surface area (Å²) in [6.45, 7) is 8.69. The molecule has 170 valence electrons. The fraction of sp³-hybridized carbons (Fsp3) is 0.267. The Kier molecular flexibility index (Phi) is 4.91. The molecule has 0 fully saturated rings. The highest BCUT2D eigenvalue weighted by Gasteiger charge is 2.22. The molecule has 0 atom stereocenters. The highest BCUT2D eigenvalue weighted by Crippen LogP contribution is 2.38. The number of aromatic nitrogens is 4. The smallest absolute Gasteiger partial charge is 0.109 e. The van der Waals surface area contributed by atoms with Crippen molar-refractivity contribution in [3.8, 4) is 33.6 Å². The molecule has 2 N–H and O–H groups in total. The maximum atomic E-state index is 4.95. The minimum atomic E-state index is 0.397. The third kappa shape index (κ3) is 3.45. The Morgan fingerprint density at radius 1 is 0.735 bits per heavy atom. The van der Waals surface area contributed by atoms with Gasteiger partial charge in [-0.15, -0.1) is 0 Å². The molecule has 0 amide bonds. The Morgan fingerprint density at radius 3 is 2.21 bits per heavy atom. The zero-order chi connectivity index (χ0) is 23.4. The molecule has 1 aliphatic rings. The average molecular weight is 447 g/mol. The van der Waals surface area contributed by atoms with Crippen LogP contribution in [-0.2, 0) is 12.8 Å². The van der Waals surface area contributed by atoms with Crippen LogP contribution in [0.1, 0.15) is 62.4 Å². The summed E-state index contributed by atoms with van der Waals surface area (Å²) in [5, 5.41) is 2.63. The predicted molar refractivity (Wildman–Crippen MR) is 140 cm³/mol. The van der Waals surface area contributed by atoms with Crippen LogP contribution in [0, 0.1) is 0 Å². The van der Waals surface area contributed by atoms with E-state index < -0.39 is 0 Å². The number of fused-ring (bicyclic) bond motifs is 5. The van der Waals surface area contributed by atoms with Crippen molar-refractivity contribution in [3.05, 3.63) is 83.7 Å². The van der Waals surface area contributed by atoms with Crippen LogP contribution in [0.4, 0.5) is 0 Å². The van der Waals surface area contributed by atoms with Crippen LogP contribution in [0.3, 0.4) is 0 Å². The van der Waals surface area contributed by atoms with Gasteiger partial charge in [0.1, 0.15) is 11.6 Å². The highest BCUT2D eigenvalue weighted by molar-refractivity contribution is 5.95. The average Bonchev–Trinajstić information content (AvgIpc) is 3.51. The Hall–Kier alpha value is -3.66. The van der Waals surface area contributed by atoms with Gasteiger partial charge in [-0.1, -0.05) is 76.2 Å². The van der Waals surface area contributed by atoms with Gasteiger partial charge in [-0.2, -0.15) is 0 Å². The van der Waals surface area contributed by atoms with E-state index in [1.807, 2.05) is 6.20 Å². The molecule has 2 heterocycles. The number of H-pyrrole nitrogens is 2. The van der Waals surface area contributed by atoms with E-state index in [4.69, 9.17) is 4.98 Å². The second-order valence-corrected chi connectivity index (χ2v) is 10.0. The fourth-order valence-electron chi connectivity index (χ4n) is 5.04. The molecule has 0 saturated heterocycles. The van der Waals surface area contributed by atoms with Gasteiger partial charge in [0.2, 0.25) is 0 Å². The maximum Gasteiger partial charge on any atom is 0.109 e. The molecular weight excluding hydrogens is 416 g/mol. The van der Waals surface area contributed by atoms with Gasteiger partial charge in [-0.05, 0) is 51.9 Å². The fourth-order valence-corrected chi connectivity index (χ4v) is 5.04. The van der Waals surface area contributed by atoms with E-state index in [-0.39, 0.29) is 0 Å². The first kappa shape index (κ1) is 20.9. The quantitative estimate of drug-likeness (QED) is 0.298. The zero-order valence-corrected chi connectivity index (χ0v) is 20.2. The maximum absolute atomic E-state index is 4.95. The topological polar surface area (TPSA) is 57.4 Å². The van der Waals surface area contributed by atoms with Gasteiger partial charge in [0.15, 0.2) is 0 Å². The molecular formula is C30H30N4. The van der Waals surface area contributed by atoms with Gasteiger partial charge in [0.05, 0.1) is 17.6 Å². The van der Waals surface area contributed by atoms with Crippen LogP contribution in [0.2, 0.25) is 0 Å². The van der Waals surface area contributed by atoms with Crippen molar-refractivity contribution in [3.63, 3.8) is 0 Å². The molecule has 2 aromatic heterocycles. The molecule has 0 saturated carbocycles. The number of nitrogens with zero attached hydrogens (tertiary/aromatic N) is 2. The van der Waals surface area contributed by atoms with Crippen LogP contribution in [-0.4, -0.2) is 19.9 Å². The van der Waals surface area contributed by atoms with Crippen LogP contribution < -0.4 is 0 Å². The first-order valence-electron chi connectivity index (χ1n) is 12.3. The number of hydrogen-bond donors (Lipinski definition) is 2. The summed E-state index contributed by atoms with van der Waals surface area (Å²) in [7, 11) is 0. The number of hydrogen-bond acceptors (Lipinski definition) is 2. The second-order valence-electron chi connectivity index (χ2n) is 10.0. The van der Waals surface area contributed by atoms with E-state index in [9.17, 15) is 0 Å². The number of nitrogens with one attached hydrogen (secondary N) is 2. The van der Waals surface area contributed by atoms with Gasteiger partial charge < -0.3 is 9.97 Å². The van der Waals surface area contributed by atoms with E-state index >= 15 is 0 Å². The van der Waals surface area contributed by atoms with Gasteiger partial charge in [0, 0.05) is 23.1 Å². The summed E-state index contributed by atoms with van der Waals surface area (Å²) in [6.07, 6.45) is 4.00. The first-order valence-corrected chi connectivity index (χ1v) is 12.3. The molecule has 0 aliphatic heterocycles. The summed E-state index contributed by atoms with van der Waals surface area (Å²) in [5.74, 6) is 2.92. The van der Waals surface area contributed by atoms with Gasteiger partial charge in [0.25, 0.3) is 0 Å². The molecule has 0 radical (unpaired) electrons. The van der Waals surface area contributed by atoms with E-state index in [0.29, 0.717) is 11.8 Å². The van der Waals surface area contributed by atoms with Crippen molar-refractivity contribution < 1.29 is 0 Å². The molecule has 4 nitrogen and oxygen atoms in total. The molecule has 1 aliphatic carbocycles. The van der Waals surface area contributed by atoms with Crippen molar-refractivity contribution in [1.82, 2.24) is 19.9 Å². The molecule has 0 spiro atoms. The van der Waals surface area contributed by atoms with E-state index in [0.717, 1.165) is 41.4 Å². The minimum absolute atomic E-state index is 0.397. The molecule has 0 bridgehead atoms. The van der Waals surface area contributed by atoms with Crippen LogP contribution in [0.5, 0.6) is 0 Å². The Balaban J connectivity index is 1.34. The number of benzene rings is 3. The molecule has 4 heteroatoms. The Morgan fingerprint density at radius 2 is 1.47 bits per heavy atom. The number of imidazole rings is 2. The van der Waals surface area contributed by atoms with Crippen LogP contribution >= 0.6 is 0 Å². The Labute approximate surface area is 200 Å². The SMILES string of the molecule is CC(C)c1ncc(-c2ccc(-c3ccc4c5c(ccc4c3)-c3nc(C(C)C)[nH]c3CC5)cc2)[nH]1. The number of aromatic amines is 2. The van der Waals surface area contributed by atoms with Gasteiger partial charge >= 0.3 is 0 Å². The van der Waals surface area contributed by atoms with Crippen molar-refractivity contribution in [1.29, 1.82) is 0 Å². The third-order valence-corrected chi connectivity index (χ3v) is 7.03. The monoisotopic (exact) mass is 446 g/mol. The molecule has 6 rings (SSSR count). The van der Waals surface area contributed by atoms with Crippen molar-refractivity contribution >= 4 is 10.8 Å². The number of aryl methyl sites for hydroxylation is 2. The lowest BCUT2D eigenvalue weighted by molar-refractivity contribution is 0.787. The van der Waals surface area contributed by atoms with E-state index in [1.165, 1.54) is 38.7 Å². The summed E-state index contributed by atoms with van der Waals surface area (Å²) in [6, 6.07) is 20.1. The second kappa shape index (κ2) is 7.98. The minimum Gasteiger partial charge on any atom is -0.345 e. The summed E-state index contributed by atoms with van der Waals surface area (Å²) < 4.78 is 0. The molecule has 3 aromatic carbocycles. The standard InChI is InChI=1S/C30H30N4/c1-17(2)29-31-16-27(33-29)20-7-5-19(6-8-20)21-9-11-23-22(15-21)10-12-25-24(23)13-14-26-28(25)34-30(32-26)18(3)4/h5-12,15-18H,13-14H2,1-4H3,(H,31,33)(H,32,34). The first-order chi connectivity index (χ1) is 16.5. The Bertz CT molecular complexity index is 1500. The summed E-state index contributed by atoms with van der Waals surface area (Å²) in [5.41, 5.74) is 9.83. The van der Waals surface area contributed by atoms with Crippen molar-refractivity contribution in [2.24, 2.45) is 0 Å². The van der Waals surface area contributed by atoms with Gasteiger partial charge in [-0.25, -0.2) is 9.97 Å². The number of rotatable bonds is 4. The van der Waals surface area contributed by atoms with Crippen molar-refractivity contribution in [2.75, 3.05) is 0 Å². The predicted octanol–water partition coefficient (Wildman–Crippen LogP) is 7.63. The molecule has 34 heavy (non-hydrogen) atoms. The normalized spacial score (nSPS) is 13.0. The molecule has 0 unspecified atom stereocenters. The largest absolute Gasteiger partial charge is 0.345 e. The lowest BCUT2D eigenvalue weighted by Gasteiger charge is -2.18. The van der Waals surface area contributed by atoms with E-state index in [1.54, 1.807) is 0 Å².